The summed E-state index contributed by atoms with van der Waals surface area (Å²) in [6.45, 7) is 4.46. The minimum Gasteiger partial charge on any atom is -0.464 e. The van der Waals surface area contributed by atoms with Crippen LogP contribution in [0.2, 0.25) is 0 Å². The summed E-state index contributed by atoms with van der Waals surface area (Å²) in [5.41, 5.74) is 2.13. The molecule has 1 unspecified atom stereocenters. The molecule has 0 bridgehead atoms. The van der Waals surface area contributed by atoms with Crippen LogP contribution in [-0.4, -0.2) is 57.3 Å². The number of rotatable bonds is 4. The van der Waals surface area contributed by atoms with Crippen LogP contribution in [0.25, 0.3) is 5.69 Å². The van der Waals surface area contributed by atoms with Crippen molar-refractivity contribution in [3.05, 3.63) is 46.2 Å². The standard InChI is InChI=1S/C18H20BrN3O3S/c1-3-25-18(24)16-11-26-9-8-21(16)17(23)15-10-20-22(12(15)2)14-6-4-13(19)5-7-14/h4-7,10,16H,3,8-9,11H2,1-2H3. The maximum atomic E-state index is 13.1. The molecule has 1 fully saturated rings. The van der Waals surface area contributed by atoms with Crippen molar-refractivity contribution in [1.29, 1.82) is 0 Å². The van der Waals surface area contributed by atoms with Gasteiger partial charge in [-0.05, 0) is 38.1 Å². The average Bonchev–Trinajstić information content (AvgIpc) is 3.03. The van der Waals surface area contributed by atoms with E-state index in [9.17, 15) is 9.59 Å². The fourth-order valence-electron chi connectivity index (χ4n) is 2.90. The zero-order chi connectivity index (χ0) is 18.7. The second-order valence-corrected chi connectivity index (χ2v) is 7.94. The molecule has 0 spiro atoms. The second kappa shape index (κ2) is 8.26. The van der Waals surface area contributed by atoms with E-state index in [1.54, 1.807) is 34.5 Å². The second-order valence-electron chi connectivity index (χ2n) is 5.87. The molecule has 0 radical (unpaired) electrons. The van der Waals surface area contributed by atoms with Crippen LogP contribution in [-0.2, 0) is 9.53 Å². The molecule has 0 saturated carbocycles. The summed E-state index contributed by atoms with van der Waals surface area (Å²) in [6.07, 6.45) is 1.57. The molecule has 2 aromatic rings. The molecule has 6 nitrogen and oxygen atoms in total. The summed E-state index contributed by atoms with van der Waals surface area (Å²) < 4.78 is 7.85. The third kappa shape index (κ3) is 3.81. The number of benzene rings is 1. The molecule has 0 N–H and O–H groups in total. The Morgan fingerprint density at radius 1 is 1.35 bits per heavy atom. The first kappa shape index (κ1) is 19.0. The third-order valence-corrected chi connectivity index (χ3v) is 5.81. The van der Waals surface area contributed by atoms with Gasteiger partial charge in [-0.15, -0.1) is 0 Å². The fourth-order valence-corrected chi connectivity index (χ4v) is 4.19. The van der Waals surface area contributed by atoms with Crippen LogP contribution in [0.3, 0.4) is 0 Å². The lowest BCUT2D eigenvalue weighted by Gasteiger charge is -2.33. The van der Waals surface area contributed by atoms with Gasteiger partial charge in [0.05, 0.1) is 29.7 Å². The van der Waals surface area contributed by atoms with Crippen LogP contribution in [0.5, 0.6) is 0 Å². The van der Waals surface area contributed by atoms with E-state index in [-0.39, 0.29) is 11.9 Å². The summed E-state index contributed by atoms with van der Waals surface area (Å²) in [7, 11) is 0. The van der Waals surface area contributed by atoms with Gasteiger partial charge < -0.3 is 9.64 Å². The van der Waals surface area contributed by atoms with Gasteiger partial charge in [0, 0.05) is 22.5 Å². The Balaban J connectivity index is 1.87. The molecule has 138 valence electrons. The molecule has 1 atom stereocenters. The first-order valence-corrected chi connectivity index (χ1v) is 10.3. The van der Waals surface area contributed by atoms with Crippen molar-refractivity contribution < 1.29 is 14.3 Å². The van der Waals surface area contributed by atoms with Gasteiger partial charge in [0.2, 0.25) is 0 Å². The Bertz CT molecular complexity index is 807. The number of amides is 1. The zero-order valence-electron chi connectivity index (χ0n) is 14.6. The van der Waals surface area contributed by atoms with E-state index >= 15 is 0 Å². The Hall–Kier alpha value is -1.80. The van der Waals surface area contributed by atoms with Gasteiger partial charge in [-0.25, -0.2) is 9.48 Å². The van der Waals surface area contributed by atoms with Crippen molar-refractivity contribution in [2.45, 2.75) is 19.9 Å². The van der Waals surface area contributed by atoms with Gasteiger partial charge in [-0.1, -0.05) is 15.9 Å². The molecule has 26 heavy (non-hydrogen) atoms. The van der Waals surface area contributed by atoms with Crippen LogP contribution >= 0.6 is 27.7 Å². The number of esters is 1. The van der Waals surface area contributed by atoms with Crippen LogP contribution in [0, 0.1) is 6.92 Å². The molecular weight excluding hydrogens is 418 g/mol. The SMILES string of the molecule is CCOC(=O)C1CSCCN1C(=O)c1cnn(-c2ccc(Br)cc2)c1C. The highest BCUT2D eigenvalue weighted by Crippen LogP contribution is 2.23. The molecule has 1 aliphatic rings. The highest BCUT2D eigenvalue weighted by Gasteiger charge is 2.35. The predicted molar refractivity (Wildman–Crippen MR) is 105 cm³/mol. The molecule has 8 heteroatoms. The number of hydrogen-bond donors (Lipinski definition) is 0. The van der Waals surface area contributed by atoms with Crippen LogP contribution in [0.15, 0.2) is 34.9 Å². The van der Waals surface area contributed by atoms with Crippen molar-refractivity contribution in [3.8, 4) is 5.69 Å². The maximum Gasteiger partial charge on any atom is 0.329 e. The average molecular weight is 438 g/mol. The van der Waals surface area contributed by atoms with Crippen molar-refractivity contribution in [2.75, 3.05) is 24.7 Å². The van der Waals surface area contributed by atoms with Crippen molar-refractivity contribution in [2.24, 2.45) is 0 Å². The summed E-state index contributed by atoms with van der Waals surface area (Å²) in [4.78, 5) is 26.9. The topological polar surface area (TPSA) is 64.4 Å². The van der Waals surface area contributed by atoms with E-state index in [4.69, 9.17) is 4.74 Å². The molecule has 1 aromatic heterocycles. The summed E-state index contributed by atoms with van der Waals surface area (Å²) in [6, 6.07) is 7.17. The number of thioether (sulfide) groups is 1. The largest absolute Gasteiger partial charge is 0.464 e. The number of halogens is 1. The van der Waals surface area contributed by atoms with Gasteiger partial charge in [-0.2, -0.15) is 16.9 Å². The van der Waals surface area contributed by atoms with Crippen LogP contribution in [0.1, 0.15) is 23.0 Å². The summed E-state index contributed by atoms with van der Waals surface area (Å²) in [5.74, 6) is 0.849. The summed E-state index contributed by atoms with van der Waals surface area (Å²) >= 11 is 5.07. The molecule has 2 heterocycles. The number of nitrogens with zero attached hydrogens (tertiary/aromatic N) is 3. The Labute approximate surface area is 165 Å². The van der Waals surface area contributed by atoms with E-state index in [0.29, 0.717) is 24.5 Å². The minimum atomic E-state index is -0.545. The Morgan fingerprint density at radius 3 is 2.77 bits per heavy atom. The maximum absolute atomic E-state index is 13.1. The lowest BCUT2D eigenvalue weighted by Crippen LogP contribution is -2.51. The predicted octanol–water partition coefficient (Wildman–Crippen LogP) is 3.06. The highest BCUT2D eigenvalue weighted by molar-refractivity contribution is 9.10. The van der Waals surface area contributed by atoms with E-state index < -0.39 is 6.04 Å². The van der Waals surface area contributed by atoms with Gasteiger partial charge in [0.15, 0.2) is 0 Å². The van der Waals surface area contributed by atoms with Gasteiger partial charge >= 0.3 is 5.97 Å². The van der Waals surface area contributed by atoms with Crippen molar-refractivity contribution in [3.63, 3.8) is 0 Å². The number of carbonyl (C=O) groups excluding carboxylic acids is 2. The Kier molecular flexibility index (Phi) is 6.03. The molecule has 1 aliphatic heterocycles. The first-order valence-electron chi connectivity index (χ1n) is 8.38. The van der Waals surface area contributed by atoms with E-state index in [2.05, 4.69) is 21.0 Å². The normalized spacial score (nSPS) is 17.2. The molecule has 0 aliphatic carbocycles. The first-order chi connectivity index (χ1) is 12.5. The monoisotopic (exact) mass is 437 g/mol. The number of aromatic nitrogens is 2. The van der Waals surface area contributed by atoms with Crippen molar-refractivity contribution >= 4 is 39.6 Å². The molecule has 1 saturated heterocycles. The van der Waals surface area contributed by atoms with Crippen molar-refractivity contribution in [1.82, 2.24) is 14.7 Å². The van der Waals surface area contributed by atoms with E-state index in [1.165, 1.54) is 0 Å². The minimum absolute atomic E-state index is 0.177. The van der Waals surface area contributed by atoms with Gasteiger partial charge in [-0.3, -0.25) is 4.79 Å². The molecule has 3 rings (SSSR count). The van der Waals surface area contributed by atoms with E-state index in [1.807, 2.05) is 31.2 Å². The van der Waals surface area contributed by atoms with Crippen LogP contribution < -0.4 is 0 Å². The van der Waals surface area contributed by atoms with Crippen LogP contribution in [0.4, 0.5) is 0 Å². The fraction of sp³-hybridized carbons (Fsp3) is 0.389. The highest BCUT2D eigenvalue weighted by atomic mass is 79.9. The lowest BCUT2D eigenvalue weighted by atomic mass is 10.2. The third-order valence-electron chi connectivity index (χ3n) is 4.26. The quantitative estimate of drug-likeness (QED) is 0.687. The molecule has 1 amide bonds. The Morgan fingerprint density at radius 2 is 2.08 bits per heavy atom. The number of carbonyl (C=O) groups is 2. The molecule has 1 aromatic carbocycles. The number of hydrogen-bond acceptors (Lipinski definition) is 5. The lowest BCUT2D eigenvalue weighted by molar-refractivity contribution is -0.147. The number of ether oxygens (including phenoxy) is 1. The summed E-state index contributed by atoms with van der Waals surface area (Å²) in [5, 5.41) is 4.37. The zero-order valence-corrected chi connectivity index (χ0v) is 17.0. The van der Waals surface area contributed by atoms with E-state index in [0.717, 1.165) is 21.6 Å². The van der Waals surface area contributed by atoms with Gasteiger partial charge in [0.25, 0.3) is 5.91 Å². The molecular formula is C18H20BrN3O3S. The smallest absolute Gasteiger partial charge is 0.329 e. The van der Waals surface area contributed by atoms with Gasteiger partial charge in [0.1, 0.15) is 6.04 Å².